The van der Waals surface area contributed by atoms with Crippen LogP contribution in [0, 0.1) is 11.8 Å². The van der Waals surface area contributed by atoms with Gasteiger partial charge in [-0.3, -0.25) is 0 Å². The van der Waals surface area contributed by atoms with E-state index in [2.05, 4.69) is 50.5 Å². The average molecular weight is 204 g/mol. The van der Waals surface area contributed by atoms with Crippen LogP contribution in [0.5, 0.6) is 0 Å². The molecule has 0 aromatic rings. The molecule has 0 aromatic carbocycles. The SMILES string of the molecule is CC(C)C1=CC=C2C=CSC(=C1)C2C. The molecule has 1 aliphatic carbocycles. The highest BCUT2D eigenvalue weighted by Gasteiger charge is 2.18. The predicted molar refractivity (Wildman–Crippen MR) is 65.0 cm³/mol. The zero-order valence-electron chi connectivity index (χ0n) is 8.95. The summed E-state index contributed by atoms with van der Waals surface area (Å²) in [4.78, 5) is 1.48. The predicted octanol–water partition coefficient (Wildman–Crippen LogP) is 4.29. The number of allylic oxidation sites excluding steroid dienone is 7. The van der Waals surface area contributed by atoms with Gasteiger partial charge in [0.05, 0.1) is 0 Å². The second-order valence-electron chi connectivity index (χ2n) is 4.18. The summed E-state index contributed by atoms with van der Waals surface area (Å²) < 4.78 is 0. The highest BCUT2D eigenvalue weighted by molar-refractivity contribution is 8.05. The zero-order valence-corrected chi connectivity index (χ0v) is 9.77. The van der Waals surface area contributed by atoms with E-state index in [1.165, 1.54) is 16.1 Å². The summed E-state index contributed by atoms with van der Waals surface area (Å²) in [6.45, 7) is 6.78. The fourth-order valence-corrected chi connectivity index (χ4v) is 2.65. The summed E-state index contributed by atoms with van der Waals surface area (Å²) in [7, 11) is 0. The largest absolute Gasteiger partial charge is 0.102 e. The number of rotatable bonds is 1. The standard InChI is InChI=1S/C13H16S/c1-9(2)12-5-4-11-6-7-14-13(8-12)10(11)3/h4-10H,1-3H3. The van der Waals surface area contributed by atoms with Crippen molar-refractivity contribution in [3.8, 4) is 0 Å². The van der Waals surface area contributed by atoms with E-state index < -0.39 is 0 Å². The van der Waals surface area contributed by atoms with Crippen molar-refractivity contribution in [1.29, 1.82) is 0 Å². The molecule has 2 aliphatic rings. The highest BCUT2D eigenvalue weighted by Crippen LogP contribution is 2.39. The van der Waals surface area contributed by atoms with Crippen molar-refractivity contribution in [3.63, 3.8) is 0 Å². The molecule has 0 radical (unpaired) electrons. The van der Waals surface area contributed by atoms with Crippen molar-refractivity contribution in [1.82, 2.24) is 0 Å². The molecule has 0 spiro atoms. The fourth-order valence-electron chi connectivity index (χ4n) is 1.72. The Morgan fingerprint density at radius 2 is 2.07 bits per heavy atom. The third kappa shape index (κ3) is 1.74. The smallest absolute Gasteiger partial charge is 0.0125 e. The molecule has 0 N–H and O–H groups in total. The molecule has 2 rings (SSSR count). The molecule has 2 bridgehead atoms. The van der Waals surface area contributed by atoms with Crippen LogP contribution in [-0.2, 0) is 0 Å². The molecule has 0 saturated carbocycles. The van der Waals surface area contributed by atoms with Gasteiger partial charge in [-0.15, -0.1) is 11.8 Å². The van der Waals surface area contributed by atoms with Crippen LogP contribution in [0.25, 0.3) is 0 Å². The van der Waals surface area contributed by atoms with Gasteiger partial charge in [0.1, 0.15) is 0 Å². The lowest BCUT2D eigenvalue weighted by molar-refractivity contribution is 0.788. The first kappa shape index (κ1) is 9.85. The van der Waals surface area contributed by atoms with Crippen LogP contribution in [0.2, 0.25) is 0 Å². The minimum atomic E-state index is 0.581. The molecule has 1 atom stereocenters. The van der Waals surface area contributed by atoms with Crippen LogP contribution < -0.4 is 0 Å². The van der Waals surface area contributed by atoms with E-state index in [9.17, 15) is 0 Å². The van der Waals surface area contributed by atoms with Gasteiger partial charge in [0.15, 0.2) is 0 Å². The van der Waals surface area contributed by atoms with Gasteiger partial charge >= 0.3 is 0 Å². The van der Waals surface area contributed by atoms with Crippen molar-refractivity contribution in [3.05, 3.63) is 45.8 Å². The highest BCUT2D eigenvalue weighted by atomic mass is 32.2. The van der Waals surface area contributed by atoms with Gasteiger partial charge in [0, 0.05) is 5.92 Å². The van der Waals surface area contributed by atoms with Gasteiger partial charge in [0.25, 0.3) is 0 Å². The van der Waals surface area contributed by atoms with Gasteiger partial charge < -0.3 is 0 Å². The van der Waals surface area contributed by atoms with E-state index in [0.29, 0.717) is 11.8 Å². The summed E-state index contributed by atoms with van der Waals surface area (Å²) in [6.07, 6.45) is 9.11. The van der Waals surface area contributed by atoms with Gasteiger partial charge in [0.2, 0.25) is 0 Å². The van der Waals surface area contributed by atoms with Gasteiger partial charge in [-0.05, 0) is 33.5 Å². The molecule has 0 amide bonds. The third-order valence-corrected chi connectivity index (χ3v) is 3.85. The summed E-state index contributed by atoms with van der Waals surface area (Å²) in [6, 6.07) is 0. The second-order valence-corrected chi connectivity index (χ2v) is 5.16. The van der Waals surface area contributed by atoms with Crippen LogP contribution in [-0.4, -0.2) is 0 Å². The molecular weight excluding hydrogens is 188 g/mol. The number of hydrogen-bond donors (Lipinski definition) is 0. The molecule has 0 aromatic heterocycles. The third-order valence-electron chi connectivity index (χ3n) is 2.84. The fraction of sp³-hybridized carbons (Fsp3) is 0.385. The normalized spacial score (nSPS) is 25.4. The Balaban J connectivity index is 2.44. The van der Waals surface area contributed by atoms with Crippen molar-refractivity contribution >= 4 is 11.8 Å². The van der Waals surface area contributed by atoms with Gasteiger partial charge in [-0.2, -0.15) is 0 Å². The molecule has 0 nitrogen and oxygen atoms in total. The van der Waals surface area contributed by atoms with Crippen molar-refractivity contribution in [2.75, 3.05) is 0 Å². The molecule has 0 fully saturated rings. The minimum absolute atomic E-state index is 0.581. The van der Waals surface area contributed by atoms with Crippen LogP contribution >= 0.6 is 11.8 Å². The first-order chi connectivity index (χ1) is 6.68. The van der Waals surface area contributed by atoms with E-state index in [-0.39, 0.29) is 0 Å². The molecular formula is C13H16S. The zero-order chi connectivity index (χ0) is 10.1. The Morgan fingerprint density at radius 3 is 2.79 bits per heavy atom. The lowest BCUT2D eigenvalue weighted by atomic mass is 10.00. The maximum Gasteiger partial charge on any atom is 0.0125 e. The number of fused-ring (bicyclic) bond motifs is 2. The monoisotopic (exact) mass is 204 g/mol. The van der Waals surface area contributed by atoms with E-state index in [4.69, 9.17) is 0 Å². The maximum absolute atomic E-state index is 2.35. The Labute approximate surface area is 90.5 Å². The lowest BCUT2D eigenvalue weighted by Gasteiger charge is -2.18. The molecule has 1 unspecified atom stereocenters. The van der Waals surface area contributed by atoms with Crippen LogP contribution in [0.1, 0.15) is 20.8 Å². The Hall–Kier alpha value is -0.690. The minimum Gasteiger partial charge on any atom is -0.102 e. The van der Waals surface area contributed by atoms with Crippen LogP contribution in [0.4, 0.5) is 0 Å². The quantitative estimate of drug-likeness (QED) is 0.614. The molecule has 0 saturated heterocycles. The van der Waals surface area contributed by atoms with Crippen LogP contribution in [0.15, 0.2) is 45.8 Å². The second kappa shape index (κ2) is 3.82. The Morgan fingerprint density at radius 1 is 1.29 bits per heavy atom. The molecule has 74 valence electrons. The van der Waals surface area contributed by atoms with E-state index >= 15 is 0 Å². The van der Waals surface area contributed by atoms with Crippen molar-refractivity contribution in [2.24, 2.45) is 11.8 Å². The van der Waals surface area contributed by atoms with E-state index in [1.807, 2.05) is 11.8 Å². The maximum atomic E-state index is 2.35. The lowest BCUT2D eigenvalue weighted by Crippen LogP contribution is -2.01. The number of thioether (sulfide) groups is 1. The topological polar surface area (TPSA) is 0 Å². The average Bonchev–Trinajstić information content (AvgIpc) is 2.26. The summed E-state index contributed by atoms with van der Waals surface area (Å²) in [5.74, 6) is 1.20. The first-order valence-electron chi connectivity index (χ1n) is 5.15. The summed E-state index contributed by atoms with van der Waals surface area (Å²) >= 11 is 1.86. The molecule has 1 heteroatoms. The van der Waals surface area contributed by atoms with Crippen molar-refractivity contribution < 1.29 is 0 Å². The van der Waals surface area contributed by atoms with Gasteiger partial charge in [-0.1, -0.05) is 39.0 Å². The van der Waals surface area contributed by atoms with Crippen molar-refractivity contribution in [2.45, 2.75) is 20.8 Å². The van der Waals surface area contributed by atoms with Gasteiger partial charge in [-0.25, -0.2) is 0 Å². The summed E-state index contributed by atoms with van der Waals surface area (Å²) in [5.41, 5.74) is 2.88. The Kier molecular flexibility index (Phi) is 2.69. The summed E-state index contributed by atoms with van der Waals surface area (Å²) in [5, 5.41) is 2.19. The molecule has 1 heterocycles. The number of hydrogen-bond acceptors (Lipinski definition) is 1. The Bertz CT molecular complexity index is 353. The van der Waals surface area contributed by atoms with E-state index in [0.717, 1.165) is 0 Å². The first-order valence-corrected chi connectivity index (χ1v) is 6.03. The van der Waals surface area contributed by atoms with Crippen LogP contribution in [0.3, 0.4) is 0 Å². The van der Waals surface area contributed by atoms with E-state index in [1.54, 1.807) is 0 Å². The molecule has 1 aliphatic heterocycles. The molecule has 14 heavy (non-hydrogen) atoms.